The Morgan fingerprint density at radius 1 is 1.03 bits per heavy atom. The first-order chi connectivity index (χ1) is 14.1. The minimum Gasteiger partial charge on any atom is -0.340 e. The molecule has 0 atom stereocenters. The molecule has 5 nitrogen and oxygen atoms in total. The Kier molecular flexibility index (Phi) is 5.56. The van der Waals surface area contributed by atoms with Crippen molar-refractivity contribution in [2.24, 2.45) is 5.92 Å². The number of aryl methyl sites for hydroxylation is 1. The number of aromatic nitrogens is 2. The highest BCUT2D eigenvalue weighted by Gasteiger charge is 2.21. The summed E-state index contributed by atoms with van der Waals surface area (Å²) in [6.45, 7) is 5.99. The summed E-state index contributed by atoms with van der Waals surface area (Å²) < 4.78 is 0. The molecule has 1 aliphatic rings. The number of nitrogens with one attached hydrogen (secondary N) is 1. The van der Waals surface area contributed by atoms with Gasteiger partial charge < -0.3 is 10.2 Å². The molecule has 1 N–H and O–H groups in total. The zero-order chi connectivity index (χ0) is 20.2. The second-order valence-electron chi connectivity index (χ2n) is 7.84. The molecule has 0 spiro atoms. The molecule has 148 valence electrons. The number of amides is 1. The van der Waals surface area contributed by atoms with Crippen LogP contribution in [0.5, 0.6) is 0 Å². The number of carbonyl (C=O) groups excluding carboxylic acids is 1. The SMILES string of the molecule is Cc1cccc(-c2cc(Nc3cccc(C(=O)N4CCC(C)CC4)c3)ncn2)c1. The number of carbonyl (C=O) groups is 1. The van der Waals surface area contributed by atoms with Crippen LogP contribution in [0.1, 0.15) is 35.7 Å². The fourth-order valence-electron chi connectivity index (χ4n) is 3.66. The van der Waals surface area contributed by atoms with Gasteiger partial charge in [-0.15, -0.1) is 0 Å². The van der Waals surface area contributed by atoms with Gasteiger partial charge in [-0.2, -0.15) is 0 Å². The van der Waals surface area contributed by atoms with Gasteiger partial charge >= 0.3 is 0 Å². The van der Waals surface area contributed by atoms with Gasteiger partial charge in [0.15, 0.2) is 0 Å². The standard InChI is InChI=1S/C24H26N4O/c1-17-9-11-28(12-10-17)24(29)20-7-4-8-21(14-20)27-23-15-22(25-16-26-23)19-6-3-5-18(2)13-19/h3-8,13-17H,9-12H2,1-2H3,(H,25,26,27). The summed E-state index contributed by atoms with van der Waals surface area (Å²) in [4.78, 5) is 23.5. The number of anilines is 2. The number of nitrogens with zero attached hydrogens (tertiary/aromatic N) is 3. The molecule has 29 heavy (non-hydrogen) atoms. The van der Waals surface area contributed by atoms with E-state index in [1.807, 2.05) is 47.4 Å². The van der Waals surface area contributed by atoms with Crippen molar-refractivity contribution >= 4 is 17.4 Å². The Labute approximate surface area is 171 Å². The molecule has 0 unspecified atom stereocenters. The van der Waals surface area contributed by atoms with Crippen LogP contribution in [-0.2, 0) is 0 Å². The van der Waals surface area contributed by atoms with Crippen molar-refractivity contribution in [3.63, 3.8) is 0 Å². The van der Waals surface area contributed by atoms with Crippen LogP contribution in [0.15, 0.2) is 60.9 Å². The van der Waals surface area contributed by atoms with E-state index in [1.54, 1.807) is 6.33 Å². The number of benzene rings is 2. The Hall–Kier alpha value is -3.21. The van der Waals surface area contributed by atoms with E-state index < -0.39 is 0 Å². The smallest absolute Gasteiger partial charge is 0.253 e. The molecule has 0 aliphatic carbocycles. The van der Waals surface area contributed by atoms with Crippen molar-refractivity contribution in [2.45, 2.75) is 26.7 Å². The maximum atomic E-state index is 12.9. The summed E-state index contributed by atoms with van der Waals surface area (Å²) in [6, 6.07) is 17.8. The largest absolute Gasteiger partial charge is 0.340 e. The minimum atomic E-state index is 0.101. The second-order valence-corrected chi connectivity index (χ2v) is 7.84. The topological polar surface area (TPSA) is 58.1 Å². The van der Waals surface area contributed by atoms with Gasteiger partial charge in [0, 0.05) is 36.0 Å². The second kappa shape index (κ2) is 8.43. The maximum absolute atomic E-state index is 12.9. The first-order valence-electron chi connectivity index (χ1n) is 10.1. The number of rotatable bonds is 4. The molecule has 0 saturated carbocycles. The highest BCUT2D eigenvalue weighted by Crippen LogP contribution is 2.23. The van der Waals surface area contributed by atoms with Crippen molar-refractivity contribution in [3.8, 4) is 11.3 Å². The molecule has 1 amide bonds. The van der Waals surface area contributed by atoms with Crippen molar-refractivity contribution < 1.29 is 4.79 Å². The normalized spacial score (nSPS) is 14.6. The number of hydrogen-bond acceptors (Lipinski definition) is 4. The number of piperidine rings is 1. The van der Waals surface area contributed by atoms with E-state index in [2.05, 4.69) is 41.3 Å². The van der Waals surface area contributed by atoms with Crippen molar-refractivity contribution in [2.75, 3.05) is 18.4 Å². The van der Waals surface area contributed by atoms with Gasteiger partial charge in [-0.25, -0.2) is 9.97 Å². The average molecular weight is 386 g/mol. The molecule has 1 saturated heterocycles. The Balaban J connectivity index is 1.51. The molecule has 1 aliphatic heterocycles. The summed E-state index contributed by atoms with van der Waals surface area (Å²) in [5.41, 5.74) is 4.65. The lowest BCUT2D eigenvalue weighted by atomic mass is 9.98. The van der Waals surface area contributed by atoms with Gasteiger partial charge in [0.25, 0.3) is 5.91 Å². The third-order valence-corrected chi connectivity index (χ3v) is 5.43. The number of likely N-dealkylation sites (tertiary alicyclic amines) is 1. The molecular weight excluding hydrogens is 360 g/mol. The Morgan fingerprint density at radius 3 is 2.62 bits per heavy atom. The van der Waals surface area contributed by atoms with E-state index >= 15 is 0 Å². The van der Waals surface area contributed by atoms with Gasteiger partial charge in [0.2, 0.25) is 0 Å². The monoisotopic (exact) mass is 386 g/mol. The van der Waals surface area contributed by atoms with Gasteiger partial charge in [-0.05, 0) is 49.9 Å². The Morgan fingerprint density at radius 2 is 1.83 bits per heavy atom. The van der Waals surface area contributed by atoms with Crippen LogP contribution < -0.4 is 5.32 Å². The van der Waals surface area contributed by atoms with E-state index in [0.29, 0.717) is 17.3 Å². The molecule has 0 radical (unpaired) electrons. The van der Waals surface area contributed by atoms with Crippen LogP contribution in [0.2, 0.25) is 0 Å². The van der Waals surface area contributed by atoms with E-state index in [9.17, 15) is 4.79 Å². The van der Waals surface area contributed by atoms with E-state index in [1.165, 1.54) is 5.56 Å². The van der Waals surface area contributed by atoms with Crippen LogP contribution >= 0.6 is 0 Å². The quantitative estimate of drug-likeness (QED) is 0.680. The lowest BCUT2D eigenvalue weighted by Gasteiger charge is -2.30. The van der Waals surface area contributed by atoms with Crippen molar-refractivity contribution in [1.82, 2.24) is 14.9 Å². The average Bonchev–Trinajstić information content (AvgIpc) is 2.74. The Bertz CT molecular complexity index is 1010. The minimum absolute atomic E-state index is 0.101. The summed E-state index contributed by atoms with van der Waals surface area (Å²) in [7, 11) is 0. The molecule has 2 heterocycles. The summed E-state index contributed by atoms with van der Waals surface area (Å²) >= 11 is 0. The van der Waals surface area contributed by atoms with E-state index in [-0.39, 0.29) is 5.91 Å². The zero-order valence-corrected chi connectivity index (χ0v) is 16.9. The predicted octanol–water partition coefficient (Wildman–Crippen LogP) is 5.07. The molecule has 5 heteroatoms. The van der Waals surface area contributed by atoms with Crippen LogP contribution in [0.3, 0.4) is 0 Å². The van der Waals surface area contributed by atoms with Gasteiger partial charge in [-0.3, -0.25) is 4.79 Å². The molecular formula is C24H26N4O. The molecule has 2 aromatic carbocycles. The first-order valence-corrected chi connectivity index (χ1v) is 10.1. The van der Waals surface area contributed by atoms with Crippen molar-refractivity contribution in [1.29, 1.82) is 0 Å². The molecule has 3 aromatic rings. The first kappa shape index (κ1) is 19.1. The number of hydrogen-bond donors (Lipinski definition) is 1. The maximum Gasteiger partial charge on any atom is 0.253 e. The summed E-state index contributed by atoms with van der Waals surface area (Å²) in [6.07, 6.45) is 3.71. The van der Waals surface area contributed by atoms with Gasteiger partial charge in [-0.1, -0.05) is 36.8 Å². The fourth-order valence-corrected chi connectivity index (χ4v) is 3.66. The fraction of sp³-hybridized carbons (Fsp3) is 0.292. The third kappa shape index (κ3) is 4.62. The summed E-state index contributed by atoms with van der Waals surface area (Å²) in [5.74, 6) is 1.50. The molecule has 4 rings (SSSR count). The third-order valence-electron chi connectivity index (χ3n) is 5.43. The van der Waals surface area contributed by atoms with Gasteiger partial charge in [0.05, 0.1) is 5.69 Å². The van der Waals surface area contributed by atoms with Crippen LogP contribution in [0.4, 0.5) is 11.5 Å². The van der Waals surface area contributed by atoms with Crippen LogP contribution in [-0.4, -0.2) is 33.9 Å². The zero-order valence-electron chi connectivity index (χ0n) is 16.9. The van der Waals surface area contributed by atoms with Gasteiger partial charge in [0.1, 0.15) is 12.1 Å². The molecule has 1 fully saturated rings. The predicted molar refractivity (Wildman–Crippen MR) is 116 cm³/mol. The summed E-state index contributed by atoms with van der Waals surface area (Å²) in [5, 5.41) is 3.31. The highest BCUT2D eigenvalue weighted by molar-refractivity contribution is 5.95. The lowest BCUT2D eigenvalue weighted by molar-refractivity contribution is 0.0697. The highest BCUT2D eigenvalue weighted by atomic mass is 16.2. The molecule has 0 bridgehead atoms. The van der Waals surface area contributed by atoms with E-state index in [0.717, 1.165) is 42.9 Å². The lowest BCUT2D eigenvalue weighted by Crippen LogP contribution is -2.37. The molecule has 1 aromatic heterocycles. The van der Waals surface area contributed by atoms with E-state index in [4.69, 9.17) is 0 Å². The van der Waals surface area contributed by atoms with Crippen molar-refractivity contribution in [3.05, 3.63) is 72.1 Å². The van der Waals surface area contributed by atoms with Crippen LogP contribution in [0.25, 0.3) is 11.3 Å². The van der Waals surface area contributed by atoms with Crippen LogP contribution in [0, 0.1) is 12.8 Å².